The van der Waals surface area contributed by atoms with Crippen LogP contribution in [-0.4, -0.2) is 12.5 Å². The van der Waals surface area contributed by atoms with Gasteiger partial charge in [-0.25, -0.2) is 0 Å². The van der Waals surface area contributed by atoms with Gasteiger partial charge in [-0.15, -0.1) is 0 Å². The van der Waals surface area contributed by atoms with E-state index in [4.69, 9.17) is 0 Å². The highest BCUT2D eigenvalue weighted by atomic mass is 16.1. The molecule has 0 aromatic carbocycles. The maximum absolute atomic E-state index is 11.2. The molecule has 1 aliphatic rings. The van der Waals surface area contributed by atoms with Crippen LogP contribution in [0.15, 0.2) is 23.8 Å². The van der Waals surface area contributed by atoms with Gasteiger partial charge in [0.1, 0.15) is 0 Å². The molecule has 1 amide bonds. The number of allylic oxidation sites excluding steroid dienone is 2. The Morgan fingerprint density at radius 1 is 1.64 bits per heavy atom. The van der Waals surface area contributed by atoms with Crippen molar-refractivity contribution >= 4 is 5.91 Å². The molecule has 0 saturated carbocycles. The van der Waals surface area contributed by atoms with E-state index >= 15 is 0 Å². The fourth-order valence-electron chi connectivity index (χ4n) is 1.04. The molecule has 1 N–H and O–H groups in total. The summed E-state index contributed by atoms with van der Waals surface area (Å²) < 4.78 is 0. The Morgan fingerprint density at radius 2 is 2.45 bits per heavy atom. The average molecular weight is 151 g/mol. The summed E-state index contributed by atoms with van der Waals surface area (Å²) in [5, 5.41) is 2.76. The SMILES string of the molecule is CCNC(=O)C1=CCCC=C1. The van der Waals surface area contributed by atoms with Crippen molar-refractivity contribution in [3.05, 3.63) is 23.8 Å². The van der Waals surface area contributed by atoms with Crippen LogP contribution in [0.4, 0.5) is 0 Å². The van der Waals surface area contributed by atoms with Gasteiger partial charge in [0.25, 0.3) is 5.91 Å². The Kier molecular flexibility index (Phi) is 2.90. The third-order valence-corrected chi connectivity index (χ3v) is 1.59. The fourth-order valence-corrected chi connectivity index (χ4v) is 1.04. The third kappa shape index (κ3) is 2.22. The van der Waals surface area contributed by atoms with Gasteiger partial charge in [0.05, 0.1) is 0 Å². The Hall–Kier alpha value is -1.05. The van der Waals surface area contributed by atoms with Crippen LogP contribution in [0, 0.1) is 0 Å². The molecule has 1 aliphatic carbocycles. The van der Waals surface area contributed by atoms with Crippen molar-refractivity contribution in [1.82, 2.24) is 5.32 Å². The summed E-state index contributed by atoms with van der Waals surface area (Å²) in [6.45, 7) is 2.62. The number of hydrogen-bond donors (Lipinski definition) is 1. The number of nitrogens with one attached hydrogen (secondary N) is 1. The second kappa shape index (κ2) is 3.96. The van der Waals surface area contributed by atoms with Crippen molar-refractivity contribution in [3.8, 4) is 0 Å². The monoisotopic (exact) mass is 151 g/mol. The molecule has 0 bridgehead atoms. The molecule has 0 unspecified atom stereocenters. The number of likely N-dealkylation sites (N-methyl/N-ethyl adjacent to an activating group) is 1. The van der Waals surface area contributed by atoms with Crippen molar-refractivity contribution in [2.24, 2.45) is 0 Å². The van der Waals surface area contributed by atoms with Crippen LogP contribution in [0.3, 0.4) is 0 Å². The van der Waals surface area contributed by atoms with Gasteiger partial charge >= 0.3 is 0 Å². The van der Waals surface area contributed by atoms with Gasteiger partial charge in [-0.2, -0.15) is 0 Å². The van der Waals surface area contributed by atoms with Crippen LogP contribution in [0.1, 0.15) is 19.8 Å². The molecule has 0 aliphatic heterocycles. The van der Waals surface area contributed by atoms with Crippen molar-refractivity contribution in [3.63, 3.8) is 0 Å². The van der Waals surface area contributed by atoms with E-state index < -0.39 is 0 Å². The predicted octanol–water partition coefficient (Wildman–Crippen LogP) is 1.40. The molecule has 0 atom stereocenters. The van der Waals surface area contributed by atoms with E-state index in [1.165, 1.54) is 0 Å². The highest BCUT2D eigenvalue weighted by Gasteiger charge is 2.05. The standard InChI is InChI=1S/C9H13NO/c1-2-10-9(11)8-6-4-3-5-7-8/h4,6-7H,2-3,5H2,1H3,(H,10,11). The molecule has 0 aromatic heterocycles. The zero-order valence-electron chi connectivity index (χ0n) is 6.76. The first-order valence-electron chi connectivity index (χ1n) is 3.99. The molecule has 11 heavy (non-hydrogen) atoms. The first kappa shape index (κ1) is 8.05. The molecular formula is C9H13NO. The summed E-state index contributed by atoms with van der Waals surface area (Å²) in [5.74, 6) is 0.0449. The number of carbonyl (C=O) groups is 1. The smallest absolute Gasteiger partial charge is 0.250 e. The minimum Gasteiger partial charge on any atom is -0.352 e. The van der Waals surface area contributed by atoms with Gasteiger partial charge in [0, 0.05) is 12.1 Å². The Labute approximate surface area is 67.0 Å². The zero-order chi connectivity index (χ0) is 8.10. The van der Waals surface area contributed by atoms with E-state index in [1.807, 2.05) is 25.2 Å². The molecule has 0 heterocycles. The van der Waals surface area contributed by atoms with Crippen LogP contribution in [0.5, 0.6) is 0 Å². The quantitative estimate of drug-likeness (QED) is 0.635. The maximum atomic E-state index is 11.2. The lowest BCUT2D eigenvalue weighted by atomic mass is 10.1. The van der Waals surface area contributed by atoms with Gasteiger partial charge in [-0.3, -0.25) is 4.79 Å². The molecule has 0 fully saturated rings. The zero-order valence-corrected chi connectivity index (χ0v) is 6.76. The topological polar surface area (TPSA) is 29.1 Å². The van der Waals surface area contributed by atoms with E-state index in [2.05, 4.69) is 5.32 Å². The highest BCUT2D eigenvalue weighted by molar-refractivity contribution is 5.96. The van der Waals surface area contributed by atoms with Gasteiger partial charge in [0.15, 0.2) is 0 Å². The van der Waals surface area contributed by atoms with E-state index in [0.717, 1.165) is 18.4 Å². The first-order valence-corrected chi connectivity index (χ1v) is 3.99. The number of hydrogen-bond acceptors (Lipinski definition) is 1. The molecular weight excluding hydrogens is 138 g/mol. The normalized spacial score (nSPS) is 15.9. The predicted molar refractivity (Wildman–Crippen MR) is 45.1 cm³/mol. The minimum absolute atomic E-state index is 0.0449. The fraction of sp³-hybridized carbons (Fsp3) is 0.444. The molecule has 0 aromatic rings. The van der Waals surface area contributed by atoms with Crippen molar-refractivity contribution in [1.29, 1.82) is 0 Å². The van der Waals surface area contributed by atoms with Crippen LogP contribution in [0.25, 0.3) is 0 Å². The first-order chi connectivity index (χ1) is 5.34. The second-order valence-corrected chi connectivity index (χ2v) is 2.50. The lowest BCUT2D eigenvalue weighted by molar-refractivity contribution is -0.117. The summed E-state index contributed by atoms with van der Waals surface area (Å²) in [7, 11) is 0. The Balaban J connectivity index is 2.52. The van der Waals surface area contributed by atoms with Crippen molar-refractivity contribution in [2.45, 2.75) is 19.8 Å². The van der Waals surface area contributed by atoms with Gasteiger partial charge < -0.3 is 5.32 Å². The summed E-state index contributed by atoms with van der Waals surface area (Å²) in [5.41, 5.74) is 0.804. The van der Waals surface area contributed by atoms with Crippen LogP contribution in [-0.2, 0) is 4.79 Å². The number of amides is 1. The average Bonchev–Trinajstić information content (AvgIpc) is 2.07. The molecule has 0 radical (unpaired) electrons. The lowest BCUT2D eigenvalue weighted by Crippen LogP contribution is -2.24. The van der Waals surface area contributed by atoms with E-state index in [0.29, 0.717) is 6.54 Å². The van der Waals surface area contributed by atoms with Crippen molar-refractivity contribution < 1.29 is 4.79 Å². The van der Waals surface area contributed by atoms with Gasteiger partial charge in [-0.1, -0.05) is 18.2 Å². The van der Waals surface area contributed by atoms with Crippen LogP contribution < -0.4 is 5.32 Å². The summed E-state index contributed by atoms with van der Waals surface area (Å²) in [4.78, 5) is 11.2. The van der Waals surface area contributed by atoms with E-state index in [-0.39, 0.29) is 5.91 Å². The minimum atomic E-state index is 0.0449. The van der Waals surface area contributed by atoms with Gasteiger partial charge in [-0.05, 0) is 19.8 Å². The Morgan fingerprint density at radius 3 is 3.00 bits per heavy atom. The molecule has 60 valence electrons. The Bertz CT molecular complexity index is 204. The maximum Gasteiger partial charge on any atom is 0.250 e. The van der Waals surface area contributed by atoms with Crippen LogP contribution >= 0.6 is 0 Å². The molecule has 2 nitrogen and oxygen atoms in total. The number of rotatable bonds is 2. The molecule has 1 rings (SSSR count). The molecule has 0 saturated heterocycles. The molecule has 0 spiro atoms. The summed E-state index contributed by atoms with van der Waals surface area (Å²) in [6, 6.07) is 0. The van der Waals surface area contributed by atoms with Crippen LogP contribution in [0.2, 0.25) is 0 Å². The highest BCUT2D eigenvalue weighted by Crippen LogP contribution is 2.08. The summed E-state index contributed by atoms with van der Waals surface area (Å²) >= 11 is 0. The third-order valence-electron chi connectivity index (χ3n) is 1.59. The lowest BCUT2D eigenvalue weighted by Gasteiger charge is -2.05. The van der Waals surface area contributed by atoms with E-state index in [1.54, 1.807) is 0 Å². The van der Waals surface area contributed by atoms with Crippen molar-refractivity contribution in [2.75, 3.05) is 6.54 Å². The number of carbonyl (C=O) groups excluding carboxylic acids is 1. The van der Waals surface area contributed by atoms with E-state index in [9.17, 15) is 4.79 Å². The second-order valence-electron chi connectivity index (χ2n) is 2.50. The van der Waals surface area contributed by atoms with Gasteiger partial charge in [0.2, 0.25) is 0 Å². The largest absolute Gasteiger partial charge is 0.352 e. The molecule has 2 heteroatoms. The summed E-state index contributed by atoms with van der Waals surface area (Å²) in [6.07, 6.45) is 7.94.